The molecule has 0 radical (unpaired) electrons. The summed E-state index contributed by atoms with van der Waals surface area (Å²) in [6, 6.07) is 16.9. The molecular formula is C32H38N2O7. The van der Waals surface area contributed by atoms with E-state index < -0.39 is 17.4 Å². The molecule has 0 aromatic heterocycles. The number of piperazine rings is 1. The first kappa shape index (κ1) is 31.3. The van der Waals surface area contributed by atoms with Crippen LogP contribution < -0.4 is 4.90 Å². The zero-order valence-corrected chi connectivity index (χ0v) is 23.6. The Kier molecular flexibility index (Phi) is 11.8. The predicted octanol–water partition coefficient (Wildman–Crippen LogP) is 3.83. The molecule has 1 aliphatic rings. The van der Waals surface area contributed by atoms with Crippen LogP contribution in [0.5, 0.6) is 0 Å². The standard InChI is InChI=1S/C32H38N2O7/c1-4-28(35)39-22-32(6-3,23-40-29(36)5-2)24-41-30(37)16-17-33-18-20-34(21-19-33)27-14-12-26(13-15-27)31(38)25-10-8-7-9-11-25/h4-5,7-15H,1-2,6,16-24H2,3H3. The lowest BCUT2D eigenvalue weighted by Gasteiger charge is -2.36. The number of carbonyl (C=O) groups is 4. The highest BCUT2D eigenvalue weighted by Crippen LogP contribution is 2.25. The molecule has 0 N–H and O–H groups in total. The van der Waals surface area contributed by atoms with E-state index in [1.54, 1.807) is 0 Å². The quantitative estimate of drug-likeness (QED) is 0.139. The molecule has 0 bridgehead atoms. The topological polar surface area (TPSA) is 102 Å². The van der Waals surface area contributed by atoms with Crippen LogP contribution in [0.25, 0.3) is 0 Å². The molecule has 1 saturated heterocycles. The molecule has 9 nitrogen and oxygen atoms in total. The lowest BCUT2D eigenvalue weighted by Crippen LogP contribution is -2.47. The lowest BCUT2D eigenvalue weighted by atomic mass is 9.88. The van der Waals surface area contributed by atoms with Crippen LogP contribution >= 0.6 is 0 Å². The van der Waals surface area contributed by atoms with Crippen LogP contribution in [-0.4, -0.2) is 81.1 Å². The van der Waals surface area contributed by atoms with Gasteiger partial charge in [-0.2, -0.15) is 0 Å². The number of ether oxygens (including phenoxy) is 3. The zero-order valence-electron chi connectivity index (χ0n) is 23.6. The summed E-state index contributed by atoms with van der Waals surface area (Å²) in [5.41, 5.74) is 1.50. The Labute approximate surface area is 241 Å². The lowest BCUT2D eigenvalue weighted by molar-refractivity contribution is -0.158. The van der Waals surface area contributed by atoms with Crippen molar-refractivity contribution < 1.29 is 33.4 Å². The Bertz CT molecular complexity index is 1180. The number of benzene rings is 2. The van der Waals surface area contributed by atoms with Crippen LogP contribution in [0, 0.1) is 5.41 Å². The number of carbonyl (C=O) groups excluding carboxylic acids is 4. The highest BCUT2D eigenvalue weighted by Gasteiger charge is 2.34. The fraction of sp³-hybridized carbons (Fsp3) is 0.375. The molecule has 3 rings (SSSR count). The maximum atomic E-state index is 12.7. The van der Waals surface area contributed by atoms with Gasteiger partial charge in [-0.05, 0) is 30.7 Å². The maximum absolute atomic E-state index is 12.7. The number of nitrogens with zero attached hydrogens (tertiary/aromatic N) is 2. The molecule has 1 fully saturated rings. The Morgan fingerprint density at radius 2 is 1.32 bits per heavy atom. The van der Waals surface area contributed by atoms with E-state index >= 15 is 0 Å². The average Bonchev–Trinajstić information content (AvgIpc) is 3.03. The van der Waals surface area contributed by atoms with E-state index in [0.717, 1.165) is 44.0 Å². The summed E-state index contributed by atoms with van der Waals surface area (Å²) in [5, 5.41) is 0. The van der Waals surface area contributed by atoms with Crippen molar-refractivity contribution in [2.75, 3.05) is 57.4 Å². The molecule has 218 valence electrons. The smallest absolute Gasteiger partial charge is 0.330 e. The van der Waals surface area contributed by atoms with Crippen LogP contribution in [-0.2, 0) is 28.6 Å². The number of rotatable bonds is 15. The van der Waals surface area contributed by atoms with Crippen molar-refractivity contribution in [3.63, 3.8) is 0 Å². The normalized spacial score (nSPS) is 13.6. The molecule has 0 unspecified atom stereocenters. The van der Waals surface area contributed by atoms with Crippen molar-refractivity contribution in [3.8, 4) is 0 Å². The van der Waals surface area contributed by atoms with Crippen molar-refractivity contribution in [1.29, 1.82) is 0 Å². The van der Waals surface area contributed by atoms with E-state index in [1.807, 2.05) is 61.5 Å². The number of hydrogen-bond acceptors (Lipinski definition) is 9. The third-order valence-corrected chi connectivity index (χ3v) is 7.20. The fourth-order valence-electron chi connectivity index (χ4n) is 4.36. The van der Waals surface area contributed by atoms with Crippen molar-refractivity contribution in [3.05, 3.63) is 91.0 Å². The molecular weight excluding hydrogens is 524 g/mol. The van der Waals surface area contributed by atoms with Gasteiger partial charge in [0.2, 0.25) is 0 Å². The molecule has 0 amide bonds. The van der Waals surface area contributed by atoms with Gasteiger partial charge < -0.3 is 19.1 Å². The molecule has 0 saturated carbocycles. The Morgan fingerprint density at radius 3 is 1.85 bits per heavy atom. The van der Waals surface area contributed by atoms with Crippen LogP contribution in [0.1, 0.15) is 35.7 Å². The van der Waals surface area contributed by atoms with Gasteiger partial charge in [0.15, 0.2) is 5.78 Å². The molecule has 41 heavy (non-hydrogen) atoms. The van der Waals surface area contributed by atoms with Gasteiger partial charge in [-0.25, -0.2) is 9.59 Å². The second-order valence-corrected chi connectivity index (χ2v) is 9.96. The Balaban J connectivity index is 1.45. The summed E-state index contributed by atoms with van der Waals surface area (Å²) in [7, 11) is 0. The summed E-state index contributed by atoms with van der Waals surface area (Å²) >= 11 is 0. The number of hydrogen-bond donors (Lipinski definition) is 0. The third kappa shape index (κ3) is 9.42. The summed E-state index contributed by atoms with van der Waals surface area (Å²) < 4.78 is 15.9. The minimum atomic E-state index is -0.875. The molecule has 2 aromatic rings. The van der Waals surface area contributed by atoms with Gasteiger partial charge >= 0.3 is 17.9 Å². The van der Waals surface area contributed by atoms with Crippen molar-refractivity contribution in [1.82, 2.24) is 4.90 Å². The number of esters is 3. The van der Waals surface area contributed by atoms with E-state index in [1.165, 1.54) is 0 Å². The molecule has 0 aliphatic carbocycles. The first-order chi connectivity index (χ1) is 19.8. The summed E-state index contributed by atoms with van der Waals surface area (Å²) in [6.07, 6.45) is 2.74. The first-order valence-electron chi connectivity index (χ1n) is 13.7. The maximum Gasteiger partial charge on any atom is 0.330 e. The molecule has 1 heterocycles. The second kappa shape index (κ2) is 15.5. The van der Waals surface area contributed by atoms with Gasteiger partial charge in [0.1, 0.15) is 19.8 Å². The minimum absolute atomic E-state index is 0.000546. The third-order valence-electron chi connectivity index (χ3n) is 7.20. The van der Waals surface area contributed by atoms with Gasteiger partial charge in [-0.1, -0.05) is 50.4 Å². The summed E-state index contributed by atoms with van der Waals surface area (Å²) in [6.45, 7) is 12.1. The molecule has 0 spiro atoms. The molecule has 1 aliphatic heterocycles. The van der Waals surface area contributed by atoms with Crippen LogP contribution in [0.2, 0.25) is 0 Å². The van der Waals surface area contributed by atoms with E-state index in [0.29, 0.717) is 24.1 Å². The van der Waals surface area contributed by atoms with Crippen molar-refractivity contribution in [2.45, 2.75) is 19.8 Å². The number of anilines is 1. The van der Waals surface area contributed by atoms with Gasteiger partial charge in [-0.3, -0.25) is 14.5 Å². The predicted molar refractivity (Wildman–Crippen MR) is 156 cm³/mol. The van der Waals surface area contributed by atoms with Gasteiger partial charge in [0, 0.05) is 61.7 Å². The van der Waals surface area contributed by atoms with E-state index in [-0.39, 0.29) is 38.0 Å². The largest absolute Gasteiger partial charge is 0.465 e. The van der Waals surface area contributed by atoms with Crippen LogP contribution in [0.15, 0.2) is 79.9 Å². The van der Waals surface area contributed by atoms with E-state index in [2.05, 4.69) is 23.0 Å². The highest BCUT2D eigenvalue weighted by atomic mass is 16.6. The second-order valence-electron chi connectivity index (χ2n) is 9.96. The van der Waals surface area contributed by atoms with Crippen molar-refractivity contribution >= 4 is 29.4 Å². The van der Waals surface area contributed by atoms with Gasteiger partial charge in [0.05, 0.1) is 11.8 Å². The summed E-state index contributed by atoms with van der Waals surface area (Å²) in [5.74, 6) is -1.60. The van der Waals surface area contributed by atoms with Gasteiger partial charge in [-0.15, -0.1) is 0 Å². The summed E-state index contributed by atoms with van der Waals surface area (Å²) in [4.78, 5) is 52.9. The van der Waals surface area contributed by atoms with Gasteiger partial charge in [0.25, 0.3) is 0 Å². The van der Waals surface area contributed by atoms with Crippen molar-refractivity contribution in [2.24, 2.45) is 5.41 Å². The average molecular weight is 563 g/mol. The van der Waals surface area contributed by atoms with Crippen LogP contribution in [0.3, 0.4) is 0 Å². The zero-order chi connectivity index (χ0) is 29.7. The highest BCUT2D eigenvalue weighted by molar-refractivity contribution is 6.09. The molecule has 2 aromatic carbocycles. The van der Waals surface area contributed by atoms with E-state index in [9.17, 15) is 19.2 Å². The first-order valence-corrected chi connectivity index (χ1v) is 13.7. The molecule has 0 atom stereocenters. The van der Waals surface area contributed by atoms with Crippen LogP contribution in [0.4, 0.5) is 5.69 Å². The SMILES string of the molecule is C=CC(=O)OCC(CC)(COC(=O)C=C)COC(=O)CCN1CCN(c2ccc(C(=O)c3ccccc3)cc2)CC1. The molecule has 9 heteroatoms. The fourth-order valence-corrected chi connectivity index (χ4v) is 4.36. The monoisotopic (exact) mass is 562 g/mol. The van der Waals surface area contributed by atoms with E-state index in [4.69, 9.17) is 14.2 Å². The minimum Gasteiger partial charge on any atom is -0.465 e. The Morgan fingerprint density at radius 1 is 0.780 bits per heavy atom. The Hall–Kier alpha value is -4.24. The number of ketones is 1.